The summed E-state index contributed by atoms with van der Waals surface area (Å²) in [4.78, 5) is -0.148. The van der Waals surface area contributed by atoms with Crippen LogP contribution in [0.4, 0.5) is 0 Å². The predicted molar refractivity (Wildman–Crippen MR) is 71.6 cm³/mol. The number of hydrogen-bond acceptors (Lipinski definition) is 3. The smallest absolute Gasteiger partial charge is 0.148 e. The van der Waals surface area contributed by atoms with E-state index in [0.29, 0.717) is 0 Å². The molecule has 0 saturated heterocycles. The van der Waals surface area contributed by atoms with Crippen LogP contribution in [0.15, 0.2) is 18.2 Å². The van der Waals surface area contributed by atoms with Crippen molar-refractivity contribution in [3.63, 3.8) is 0 Å². The maximum atomic E-state index is 11.2. The average molecular weight is 319 g/mol. The lowest BCUT2D eigenvalue weighted by Gasteiger charge is -2.19. The van der Waals surface area contributed by atoms with Gasteiger partial charge in [-0.2, -0.15) is 0 Å². The van der Waals surface area contributed by atoms with Crippen molar-refractivity contribution in [3.05, 3.63) is 29.3 Å². The third-order valence-electron chi connectivity index (χ3n) is 2.74. The Morgan fingerprint density at radius 1 is 1.47 bits per heavy atom. The lowest BCUT2D eigenvalue weighted by molar-refractivity contribution is 0.288. The number of alkyl halides is 1. The van der Waals surface area contributed by atoms with E-state index in [1.807, 2.05) is 18.2 Å². The summed E-state index contributed by atoms with van der Waals surface area (Å²) in [5, 5.41) is 0. The van der Waals surface area contributed by atoms with Gasteiger partial charge in [-0.25, -0.2) is 8.42 Å². The molecule has 0 aromatic heterocycles. The standard InChI is InChI=1S/C12H15BrO3S/c1-17(14,15)8-11(13)9-4-5-12-10(7-9)3-2-6-16-12/h4-5,7,11H,2-3,6,8H2,1H3. The van der Waals surface area contributed by atoms with Crippen molar-refractivity contribution < 1.29 is 13.2 Å². The first-order chi connectivity index (χ1) is 7.96. The molecule has 17 heavy (non-hydrogen) atoms. The highest BCUT2D eigenvalue weighted by Gasteiger charge is 2.17. The van der Waals surface area contributed by atoms with Gasteiger partial charge >= 0.3 is 0 Å². The van der Waals surface area contributed by atoms with E-state index in [-0.39, 0.29) is 10.6 Å². The first kappa shape index (κ1) is 12.9. The maximum absolute atomic E-state index is 11.2. The number of ether oxygens (including phenoxy) is 1. The zero-order valence-corrected chi connectivity index (χ0v) is 12.1. The summed E-state index contributed by atoms with van der Waals surface area (Å²) in [5.41, 5.74) is 2.17. The van der Waals surface area contributed by atoms with Crippen molar-refractivity contribution in [1.82, 2.24) is 0 Å². The van der Waals surface area contributed by atoms with Crippen molar-refractivity contribution in [1.29, 1.82) is 0 Å². The van der Waals surface area contributed by atoms with Gasteiger partial charge in [-0.3, -0.25) is 0 Å². The molecule has 5 heteroatoms. The lowest BCUT2D eigenvalue weighted by atomic mass is 10.0. The van der Waals surface area contributed by atoms with Crippen LogP contribution in [0.3, 0.4) is 0 Å². The van der Waals surface area contributed by atoms with Crippen LogP contribution in [0.1, 0.15) is 22.4 Å². The van der Waals surface area contributed by atoms with E-state index >= 15 is 0 Å². The summed E-state index contributed by atoms with van der Waals surface area (Å²) in [6, 6.07) is 5.90. The van der Waals surface area contributed by atoms with Gasteiger partial charge in [0, 0.05) is 6.26 Å². The van der Waals surface area contributed by atoms with Gasteiger partial charge in [0.1, 0.15) is 15.6 Å². The van der Waals surface area contributed by atoms with Gasteiger partial charge in [0.25, 0.3) is 0 Å². The molecule has 1 heterocycles. The monoisotopic (exact) mass is 318 g/mol. The molecule has 94 valence electrons. The molecule has 1 aromatic carbocycles. The van der Waals surface area contributed by atoms with Crippen LogP contribution in [0.25, 0.3) is 0 Å². The summed E-state index contributed by atoms with van der Waals surface area (Å²) in [6.45, 7) is 0.771. The third kappa shape index (κ3) is 3.45. The summed E-state index contributed by atoms with van der Waals surface area (Å²) in [6.07, 6.45) is 3.28. The fraction of sp³-hybridized carbons (Fsp3) is 0.500. The second-order valence-electron chi connectivity index (χ2n) is 4.38. The van der Waals surface area contributed by atoms with Crippen LogP contribution in [-0.4, -0.2) is 27.0 Å². The van der Waals surface area contributed by atoms with Crippen LogP contribution < -0.4 is 4.74 Å². The predicted octanol–water partition coefficient (Wildman–Crippen LogP) is 2.49. The van der Waals surface area contributed by atoms with E-state index in [1.54, 1.807) is 0 Å². The second-order valence-corrected chi connectivity index (χ2v) is 7.67. The Kier molecular flexibility index (Phi) is 3.78. The minimum atomic E-state index is -2.97. The number of hydrogen-bond donors (Lipinski definition) is 0. The van der Waals surface area contributed by atoms with Gasteiger partial charge < -0.3 is 4.74 Å². The zero-order chi connectivity index (χ0) is 12.5. The molecular weight excluding hydrogens is 304 g/mol. The highest BCUT2D eigenvalue weighted by atomic mass is 79.9. The van der Waals surface area contributed by atoms with Gasteiger partial charge in [-0.05, 0) is 30.0 Å². The fourth-order valence-electron chi connectivity index (χ4n) is 1.94. The molecule has 0 bridgehead atoms. The highest BCUT2D eigenvalue weighted by Crippen LogP contribution is 2.31. The second kappa shape index (κ2) is 4.98. The van der Waals surface area contributed by atoms with Gasteiger partial charge in [-0.15, -0.1) is 0 Å². The van der Waals surface area contributed by atoms with Gasteiger partial charge in [-0.1, -0.05) is 28.1 Å². The van der Waals surface area contributed by atoms with E-state index in [4.69, 9.17) is 4.74 Å². The van der Waals surface area contributed by atoms with Gasteiger partial charge in [0.2, 0.25) is 0 Å². The Balaban J connectivity index is 2.22. The summed E-state index contributed by atoms with van der Waals surface area (Å²) in [5.74, 6) is 1.05. The Morgan fingerprint density at radius 3 is 2.94 bits per heavy atom. The van der Waals surface area contributed by atoms with Crippen molar-refractivity contribution in [3.8, 4) is 5.75 Å². The molecule has 1 aromatic rings. The largest absolute Gasteiger partial charge is 0.493 e. The van der Waals surface area contributed by atoms with Crippen molar-refractivity contribution in [2.45, 2.75) is 17.7 Å². The van der Waals surface area contributed by atoms with Gasteiger partial charge in [0.05, 0.1) is 17.2 Å². The average Bonchev–Trinajstić information content (AvgIpc) is 2.26. The van der Waals surface area contributed by atoms with Gasteiger partial charge in [0.15, 0.2) is 0 Å². The number of halogens is 1. The van der Waals surface area contributed by atoms with Crippen LogP contribution in [0.2, 0.25) is 0 Å². The Hall–Kier alpha value is -0.550. The maximum Gasteiger partial charge on any atom is 0.148 e. The molecular formula is C12H15BrO3S. The van der Waals surface area contributed by atoms with E-state index in [1.165, 1.54) is 11.8 Å². The minimum Gasteiger partial charge on any atom is -0.493 e. The quantitative estimate of drug-likeness (QED) is 0.804. The Labute approximate surface area is 110 Å². The SMILES string of the molecule is CS(=O)(=O)CC(Br)c1ccc2c(c1)CCCO2. The fourth-order valence-corrected chi connectivity index (χ4v) is 4.39. The van der Waals surface area contributed by atoms with E-state index < -0.39 is 9.84 Å². The molecule has 0 N–H and O–H groups in total. The molecule has 0 spiro atoms. The molecule has 0 radical (unpaired) electrons. The van der Waals surface area contributed by atoms with E-state index in [9.17, 15) is 8.42 Å². The zero-order valence-electron chi connectivity index (χ0n) is 9.65. The first-order valence-corrected chi connectivity index (χ1v) is 8.51. The Bertz CT molecular complexity index is 510. The topological polar surface area (TPSA) is 43.4 Å². The number of benzene rings is 1. The highest BCUT2D eigenvalue weighted by molar-refractivity contribution is 9.09. The minimum absolute atomic E-state index is 0.118. The summed E-state index contributed by atoms with van der Waals surface area (Å²) < 4.78 is 28.0. The van der Waals surface area contributed by atoms with E-state index in [0.717, 1.165) is 30.8 Å². The molecule has 1 atom stereocenters. The molecule has 0 saturated carbocycles. The van der Waals surface area contributed by atoms with Crippen molar-refractivity contribution >= 4 is 25.8 Å². The van der Waals surface area contributed by atoms with Crippen LogP contribution >= 0.6 is 15.9 Å². The van der Waals surface area contributed by atoms with Crippen LogP contribution in [0.5, 0.6) is 5.75 Å². The molecule has 1 aliphatic rings. The van der Waals surface area contributed by atoms with Crippen LogP contribution in [0, 0.1) is 0 Å². The number of rotatable bonds is 3. The van der Waals surface area contributed by atoms with E-state index in [2.05, 4.69) is 15.9 Å². The summed E-state index contributed by atoms with van der Waals surface area (Å²) >= 11 is 3.43. The molecule has 1 unspecified atom stereocenters. The Morgan fingerprint density at radius 2 is 2.24 bits per heavy atom. The summed E-state index contributed by atoms with van der Waals surface area (Å²) in [7, 11) is -2.97. The molecule has 1 aliphatic heterocycles. The van der Waals surface area contributed by atoms with Crippen molar-refractivity contribution in [2.24, 2.45) is 0 Å². The van der Waals surface area contributed by atoms with Crippen LogP contribution in [-0.2, 0) is 16.3 Å². The lowest BCUT2D eigenvalue weighted by Crippen LogP contribution is -2.11. The number of fused-ring (bicyclic) bond motifs is 1. The number of sulfone groups is 1. The molecule has 0 fully saturated rings. The molecule has 0 aliphatic carbocycles. The third-order valence-corrected chi connectivity index (χ3v) is 4.96. The molecule has 3 nitrogen and oxygen atoms in total. The normalized spacial score (nSPS) is 17.1. The first-order valence-electron chi connectivity index (χ1n) is 5.53. The number of aryl methyl sites for hydroxylation is 1. The molecule has 2 rings (SSSR count). The molecule has 0 amide bonds. The van der Waals surface area contributed by atoms with Crippen molar-refractivity contribution in [2.75, 3.05) is 18.6 Å².